The van der Waals surface area contributed by atoms with Gasteiger partial charge in [0.25, 0.3) is 0 Å². The molecule has 0 spiro atoms. The molecule has 1 unspecified atom stereocenters. The molecule has 0 saturated carbocycles. The second-order valence-corrected chi connectivity index (χ2v) is 5.22. The van der Waals surface area contributed by atoms with E-state index in [4.69, 9.17) is 18.0 Å². The lowest BCUT2D eigenvalue weighted by molar-refractivity contribution is 0.314. The van der Waals surface area contributed by atoms with Crippen LogP contribution >= 0.6 is 12.2 Å². The summed E-state index contributed by atoms with van der Waals surface area (Å²) in [5, 5.41) is 0. The van der Waals surface area contributed by atoms with Crippen LogP contribution in [0.1, 0.15) is 18.5 Å². The molecule has 0 amide bonds. The summed E-state index contributed by atoms with van der Waals surface area (Å²) in [4.78, 5) is 13.4. The molecular weight excluding hydrogens is 246 g/mol. The van der Waals surface area contributed by atoms with Gasteiger partial charge in [-0.25, -0.2) is 9.97 Å². The van der Waals surface area contributed by atoms with E-state index in [0.717, 1.165) is 12.4 Å². The van der Waals surface area contributed by atoms with Crippen LogP contribution in [0.3, 0.4) is 0 Å². The van der Waals surface area contributed by atoms with Crippen LogP contribution in [0, 0.1) is 0 Å². The van der Waals surface area contributed by atoms with Gasteiger partial charge >= 0.3 is 0 Å². The van der Waals surface area contributed by atoms with Gasteiger partial charge in [-0.2, -0.15) is 0 Å². The van der Waals surface area contributed by atoms with Gasteiger partial charge in [0.2, 0.25) is 0 Å². The van der Waals surface area contributed by atoms with Crippen molar-refractivity contribution < 1.29 is 0 Å². The molecule has 98 valence electrons. The molecule has 0 radical (unpaired) electrons. The van der Waals surface area contributed by atoms with Crippen molar-refractivity contribution in [3.05, 3.63) is 18.1 Å². The maximum absolute atomic E-state index is 5.50. The van der Waals surface area contributed by atoms with Gasteiger partial charge in [0.05, 0.1) is 12.4 Å². The minimum atomic E-state index is 0.284. The van der Waals surface area contributed by atoms with Crippen molar-refractivity contribution in [3.63, 3.8) is 0 Å². The first-order valence-corrected chi connectivity index (χ1v) is 6.52. The molecule has 2 heterocycles. The first kappa shape index (κ1) is 13.2. The number of nitrogens with two attached hydrogens (primary N) is 1. The standard InChI is InChI=1S/C12H19N5S/c1-16-5-3-4-9(16)8-17(2)11-7-14-10(6-15-11)12(13)18/h6-7,9H,3-5,8H2,1-2H3,(H2,13,18). The topological polar surface area (TPSA) is 58.3 Å². The van der Waals surface area contributed by atoms with Crippen LogP contribution in [0.4, 0.5) is 5.82 Å². The molecule has 18 heavy (non-hydrogen) atoms. The lowest BCUT2D eigenvalue weighted by Crippen LogP contribution is -2.37. The van der Waals surface area contributed by atoms with Gasteiger partial charge in [0.1, 0.15) is 16.5 Å². The summed E-state index contributed by atoms with van der Waals surface area (Å²) >= 11 is 4.86. The number of hydrogen-bond acceptors (Lipinski definition) is 5. The Morgan fingerprint density at radius 3 is 2.83 bits per heavy atom. The van der Waals surface area contributed by atoms with Gasteiger partial charge in [0.15, 0.2) is 0 Å². The summed E-state index contributed by atoms with van der Waals surface area (Å²) in [5.74, 6) is 0.857. The van der Waals surface area contributed by atoms with Crippen LogP contribution in [0.25, 0.3) is 0 Å². The average Bonchev–Trinajstić information content (AvgIpc) is 2.75. The van der Waals surface area contributed by atoms with E-state index in [9.17, 15) is 0 Å². The molecule has 2 rings (SSSR count). The third-order valence-electron chi connectivity index (χ3n) is 3.44. The summed E-state index contributed by atoms with van der Waals surface area (Å²) in [6.07, 6.45) is 5.89. The van der Waals surface area contributed by atoms with E-state index in [-0.39, 0.29) is 4.99 Å². The van der Waals surface area contributed by atoms with Gasteiger partial charge in [0, 0.05) is 19.6 Å². The number of thiocarbonyl (C=S) groups is 1. The number of hydrogen-bond donors (Lipinski definition) is 1. The number of likely N-dealkylation sites (N-methyl/N-ethyl adjacent to an activating group) is 2. The zero-order chi connectivity index (χ0) is 13.1. The maximum Gasteiger partial charge on any atom is 0.146 e. The van der Waals surface area contributed by atoms with Crippen LogP contribution in [0.2, 0.25) is 0 Å². The molecule has 1 aliphatic heterocycles. The van der Waals surface area contributed by atoms with E-state index in [1.54, 1.807) is 12.4 Å². The molecule has 5 nitrogen and oxygen atoms in total. The Balaban J connectivity index is 2.00. The molecule has 1 fully saturated rings. The van der Waals surface area contributed by atoms with E-state index in [2.05, 4.69) is 26.8 Å². The second-order valence-electron chi connectivity index (χ2n) is 4.78. The fourth-order valence-electron chi connectivity index (χ4n) is 2.27. The molecule has 0 aromatic carbocycles. The fourth-order valence-corrected chi connectivity index (χ4v) is 2.37. The highest BCUT2D eigenvalue weighted by Gasteiger charge is 2.22. The van der Waals surface area contributed by atoms with E-state index in [0.29, 0.717) is 11.7 Å². The highest BCUT2D eigenvalue weighted by molar-refractivity contribution is 7.80. The summed E-state index contributed by atoms with van der Waals surface area (Å²) < 4.78 is 0. The fraction of sp³-hybridized carbons (Fsp3) is 0.583. The van der Waals surface area contributed by atoms with Crippen LogP contribution in [-0.2, 0) is 0 Å². The van der Waals surface area contributed by atoms with Crippen LogP contribution in [-0.4, -0.2) is 53.1 Å². The monoisotopic (exact) mass is 265 g/mol. The molecular formula is C12H19N5S. The van der Waals surface area contributed by atoms with Crippen molar-refractivity contribution in [2.24, 2.45) is 5.73 Å². The van der Waals surface area contributed by atoms with Crippen LogP contribution < -0.4 is 10.6 Å². The van der Waals surface area contributed by atoms with E-state index in [1.807, 2.05) is 7.05 Å². The first-order chi connectivity index (χ1) is 8.58. The molecule has 1 aliphatic rings. The van der Waals surface area contributed by atoms with Crippen molar-refractivity contribution in [3.8, 4) is 0 Å². The molecule has 1 aromatic heterocycles. The largest absolute Gasteiger partial charge is 0.388 e. The van der Waals surface area contributed by atoms with Gasteiger partial charge in [-0.1, -0.05) is 12.2 Å². The molecule has 6 heteroatoms. The molecule has 1 saturated heterocycles. The molecule has 0 bridgehead atoms. The smallest absolute Gasteiger partial charge is 0.146 e. The zero-order valence-electron chi connectivity index (χ0n) is 10.8. The number of nitrogens with zero attached hydrogens (tertiary/aromatic N) is 4. The Kier molecular flexibility index (Phi) is 4.08. The number of rotatable bonds is 4. The summed E-state index contributed by atoms with van der Waals surface area (Å²) in [6.45, 7) is 2.15. The number of likely N-dealkylation sites (tertiary alicyclic amines) is 1. The number of anilines is 1. The van der Waals surface area contributed by atoms with Crippen molar-refractivity contribution in [1.29, 1.82) is 0 Å². The zero-order valence-corrected chi connectivity index (χ0v) is 11.7. The molecule has 1 atom stereocenters. The normalized spacial score (nSPS) is 20.0. The van der Waals surface area contributed by atoms with Crippen molar-refractivity contribution >= 4 is 23.0 Å². The highest BCUT2D eigenvalue weighted by atomic mass is 32.1. The lowest BCUT2D eigenvalue weighted by atomic mass is 10.2. The number of aromatic nitrogens is 2. The Morgan fingerprint density at radius 2 is 2.33 bits per heavy atom. The predicted molar refractivity (Wildman–Crippen MR) is 76.8 cm³/mol. The van der Waals surface area contributed by atoms with Crippen molar-refractivity contribution in [1.82, 2.24) is 14.9 Å². The first-order valence-electron chi connectivity index (χ1n) is 6.11. The third kappa shape index (κ3) is 2.94. The van der Waals surface area contributed by atoms with E-state index >= 15 is 0 Å². The summed E-state index contributed by atoms with van der Waals surface area (Å²) in [5.41, 5.74) is 6.07. The second kappa shape index (κ2) is 5.58. The Hall–Kier alpha value is -1.27. The Bertz CT molecular complexity index is 419. The SMILES string of the molecule is CN(CC1CCCN1C)c1cnc(C(N)=S)cn1. The summed E-state index contributed by atoms with van der Waals surface area (Å²) in [7, 11) is 4.21. The highest BCUT2D eigenvalue weighted by Crippen LogP contribution is 2.17. The van der Waals surface area contributed by atoms with E-state index in [1.165, 1.54) is 19.4 Å². The van der Waals surface area contributed by atoms with Gasteiger partial charge in [-0.3, -0.25) is 0 Å². The molecule has 1 aromatic rings. The lowest BCUT2D eigenvalue weighted by Gasteiger charge is -2.26. The van der Waals surface area contributed by atoms with Crippen molar-refractivity contribution in [2.45, 2.75) is 18.9 Å². The molecule has 2 N–H and O–H groups in total. The van der Waals surface area contributed by atoms with Crippen LogP contribution in [0.15, 0.2) is 12.4 Å². The summed E-state index contributed by atoms with van der Waals surface area (Å²) in [6, 6.07) is 0.604. The Labute approximate surface area is 113 Å². The minimum Gasteiger partial charge on any atom is -0.388 e. The predicted octanol–water partition coefficient (Wildman–Crippen LogP) is 0.641. The van der Waals surface area contributed by atoms with Crippen LogP contribution in [0.5, 0.6) is 0 Å². The quantitative estimate of drug-likeness (QED) is 0.806. The third-order valence-corrected chi connectivity index (χ3v) is 3.65. The minimum absolute atomic E-state index is 0.284. The maximum atomic E-state index is 5.50. The molecule has 0 aliphatic carbocycles. The Morgan fingerprint density at radius 1 is 1.56 bits per heavy atom. The average molecular weight is 265 g/mol. The van der Waals surface area contributed by atoms with E-state index < -0.39 is 0 Å². The van der Waals surface area contributed by atoms with Crippen molar-refractivity contribution in [2.75, 3.05) is 32.1 Å². The van der Waals surface area contributed by atoms with Gasteiger partial charge in [-0.05, 0) is 26.4 Å². The van der Waals surface area contributed by atoms with Gasteiger partial charge < -0.3 is 15.5 Å². The van der Waals surface area contributed by atoms with Gasteiger partial charge in [-0.15, -0.1) is 0 Å².